The molecule has 6 heteroatoms. The molecular formula is C17H16N6. The summed E-state index contributed by atoms with van der Waals surface area (Å²) in [7, 11) is 0. The Hall–Kier alpha value is -3.20. The van der Waals surface area contributed by atoms with E-state index in [0.29, 0.717) is 11.5 Å². The predicted octanol–water partition coefficient (Wildman–Crippen LogP) is 3.02. The van der Waals surface area contributed by atoms with Crippen molar-refractivity contribution in [3.63, 3.8) is 0 Å². The van der Waals surface area contributed by atoms with Crippen LogP contribution in [0.3, 0.4) is 0 Å². The molecule has 2 heterocycles. The van der Waals surface area contributed by atoms with Gasteiger partial charge in [0.15, 0.2) is 5.69 Å². The number of nitriles is 1. The fraction of sp³-hybridized carbons (Fsp3) is 0.176. The molecule has 1 unspecified atom stereocenters. The Morgan fingerprint density at radius 2 is 1.91 bits per heavy atom. The van der Waals surface area contributed by atoms with E-state index in [-0.39, 0.29) is 6.04 Å². The SMILES string of the molecule is Cc1nccn1-c1ccc(C(C)Nc2ccc(C#N)nn2)cc1. The Kier molecular flexibility index (Phi) is 4.02. The van der Waals surface area contributed by atoms with Gasteiger partial charge in [0.2, 0.25) is 0 Å². The number of hydrogen-bond donors (Lipinski definition) is 1. The lowest BCUT2D eigenvalue weighted by atomic mass is 10.1. The normalized spacial score (nSPS) is 11.7. The maximum atomic E-state index is 8.73. The van der Waals surface area contributed by atoms with E-state index in [2.05, 4.69) is 51.7 Å². The fourth-order valence-corrected chi connectivity index (χ4v) is 2.35. The Bertz CT molecular complexity index is 827. The zero-order valence-corrected chi connectivity index (χ0v) is 12.9. The Balaban J connectivity index is 1.73. The van der Waals surface area contributed by atoms with Crippen LogP contribution in [-0.4, -0.2) is 19.7 Å². The minimum Gasteiger partial charge on any atom is -0.362 e. The highest BCUT2D eigenvalue weighted by Crippen LogP contribution is 2.20. The zero-order chi connectivity index (χ0) is 16.2. The number of imidazole rings is 1. The number of anilines is 1. The molecule has 1 atom stereocenters. The van der Waals surface area contributed by atoms with Gasteiger partial charge in [0.1, 0.15) is 17.7 Å². The van der Waals surface area contributed by atoms with Gasteiger partial charge in [-0.15, -0.1) is 10.2 Å². The van der Waals surface area contributed by atoms with Crippen LogP contribution in [0.2, 0.25) is 0 Å². The molecule has 3 aromatic rings. The second kappa shape index (κ2) is 6.28. The summed E-state index contributed by atoms with van der Waals surface area (Å²) in [5.41, 5.74) is 2.52. The van der Waals surface area contributed by atoms with Crippen LogP contribution in [0.5, 0.6) is 0 Å². The maximum Gasteiger partial charge on any atom is 0.163 e. The lowest BCUT2D eigenvalue weighted by molar-refractivity contribution is 0.856. The molecule has 6 nitrogen and oxygen atoms in total. The largest absolute Gasteiger partial charge is 0.362 e. The molecule has 0 spiro atoms. The number of hydrogen-bond acceptors (Lipinski definition) is 5. The number of nitrogens with zero attached hydrogens (tertiary/aromatic N) is 5. The third kappa shape index (κ3) is 3.19. The lowest BCUT2D eigenvalue weighted by Crippen LogP contribution is -2.09. The molecule has 0 saturated heterocycles. The standard InChI is InChI=1S/C17H16N6/c1-12(20-17-8-5-15(11-18)21-22-17)14-3-6-16(7-4-14)23-10-9-19-13(23)2/h3-10,12H,1-2H3,(H,20,22). The number of aromatic nitrogens is 4. The van der Waals surface area contributed by atoms with Gasteiger partial charge in [-0.1, -0.05) is 12.1 Å². The molecule has 1 aromatic carbocycles. The number of nitrogens with one attached hydrogen (secondary N) is 1. The van der Waals surface area contributed by atoms with Crippen molar-refractivity contribution in [1.82, 2.24) is 19.7 Å². The molecular weight excluding hydrogens is 288 g/mol. The van der Waals surface area contributed by atoms with Gasteiger partial charge in [-0.2, -0.15) is 5.26 Å². The summed E-state index contributed by atoms with van der Waals surface area (Å²) < 4.78 is 2.04. The number of rotatable bonds is 4. The average Bonchev–Trinajstić information content (AvgIpc) is 3.02. The quantitative estimate of drug-likeness (QED) is 0.801. The molecule has 23 heavy (non-hydrogen) atoms. The smallest absolute Gasteiger partial charge is 0.163 e. The molecule has 114 valence electrons. The van der Waals surface area contributed by atoms with Crippen LogP contribution in [0.4, 0.5) is 5.82 Å². The maximum absolute atomic E-state index is 8.73. The van der Waals surface area contributed by atoms with Gasteiger partial charge < -0.3 is 9.88 Å². The molecule has 2 aromatic heterocycles. The van der Waals surface area contributed by atoms with E-state index in [1.54, 1.807) is 18.3 Å². The van der Waals surface area contributed by atoms with Gasteiger partial charge in [-0.25, -0.2) is 4.98 Å². The van der Waals surface area contributed by atoms with Crippen molar-refractivity contribution in [1.29, 1.82) is 5.26 Å². The first-order valence-electron chi connectivity index (χ1n) is 7.28. The number of benzene rings is 1. The molecule has 0 aliphatic carbocycles. The first-order valence-corrected chi connectivity index (χ1v) is 7.28. The summed E-state index contributed by atoms with van der Waals surface area (Å²) >= 11 is 0. The van der Waals surface area contributed by atoms with E-state index >= 15 is 0 Å². The van der Waals surface area contributed by atoms with Crippen molar-refractivity contribution >= 4 is 5.82 Å². The van der Waals surface area contributed by atoms with E-state index in [4.69, 9.17) is 5.26 Å². The zero-order valence-electron chi connectivity index (χ0n) is 12.9. The molecule has 0 aliphatic rings. The summed E-state index contributed by atoms with van der Waals surface area (Å²) in [5.74, 6) is 1.60. The van der Waals surface area contributed by atoms with Gasteiger partial charge >= 0.3 is 0 Å². The van der Waals surface area contributed by atoms with Gasteiger partial charge in [0, 0.05) is 18.1 Å². The Labute approximate surface area is 134 Å². The molecule has 0 bridgehead atoms. The first kappa shape index (κ1) is 14.7. The van der Waals surface area contributed by atoms with Crippen LogP contribution in [0.1, 0.15) is 30.0 Å². The summed E-state index contributed by atoms with van der Waals surface area (Å²) in [6.07, 6.45) is 3.73. The third-order valence-electron chi connectivity index (χ3n) is 3.64. The van der Waals surface area contributed by atoms with Crippen LogP contribution in [-0.2, 0) is 0 Å². The minimum absolute atomic E-state index is 0.0789. The molecule has 3 rings (SSSR count). The minimum atomic E-state index is 0.0789. The monoisotopic (exact) mass is 304 g/mol. The van der Waals surface area contributed by atoms with Crippen molar-refractivity contribution < 1.29 is 0 Å². The van der Waals surface area contributed by atoms with Gasteiger partial charge in [-0.3, -0.25) is 0 Å². The molecule has 0 radical (unpaired) electrons. The van der Waals surface area contributed by atoms with E-state index in [1.807, 2.05) is 23.8 Å². The molecule has 0 fully saturated rings. The highest BCUT2D eigenvalue weighted by Gasteiger charge is 2.08. The summed E-state index contributed by atoms with van der Waals surface area (Å²) in [6, 6.07) is 13.7. The van der Waals surface area contributed by atoms with Crippen molar-refractivity contribution in [3.05, 3.63) is 65.9 Å². The van der Waals surface area contributed by atoms with E-state index in [1.165, 1.54) is 0 Å². The summed E-state index contributed by atoms with van der Waals surface area (Å²) in [4.78, 5) is 4.23. The van der Waals surface area contributed by atoms with Gasteiger partial charge in [0.25, 0.3) is 0 Å². The van der Waals surface area contributed by atoms with Crippen LogP contribution in [0, 0.1) is 18.3 Å². The van der Waals surface area contributed by atoms with Crippen LogP contribution in [0.25, 0.3) is 5.69 Å². The number of aryl methyl sites for hydroxylation is 1. The first-order chi connectivity index (χ1) is 11.2. The van der Waals surface area contributed by atoms with Crippen LogP contribution >= 0.6 is 0 Å². The molecule has 0 aliphatic heterocycles. The average molecular weight is 304 g/mol. The van der Waals surface area contributed by atoms with Gasteiger partial charge in [0.05, 0.1) is 6.04 Å². The summed E-state index contributed by atoms with van der Waals surface area (Å²) in [5, 5.41) is 19.8. The van der Waals surface area contributed by atoms with Crippen molar-refractivity contribution in [2.24, 2.45) is 0 Å². The van der Waals surface area contributed by atoms with E-state index < -0.39 is 0 Å². The van der Waals surface area contributed by atoms with Gasteiger partial charge in [-0.05, 0) is 43.7 Å². The highest BCUT2D eigenvalue weighted by molar-refractivity contribution is 5.41. The third-order valence-corrected chi connectivity index (χ3v) is 3.64. The van der Waals surface area contributed by atoms with Crippen LogP contribution in [0.15, 0.2) is 48.8 Å². The second-order valence-electron chi connectivity index (χ2n) is 5.22. The molecule has 0 amide bonds. The van der Waals surface area contributed by atoms with E-state index in [9.17, 15) is 0 Å². The topological polar surface area (TPSA) is 79.4 Å². The predicted molar refractivity (Wildman–Crippen MR) is 87.1 cm³/mol. The lowest BCUT2D eigenvalue weighted by Gasteiger charge is -2.15. The van der Waals surface area contributed by atoms with Crippen LogP contribution < -0.4 is 5.32 Å². The van der Waals surface area contributed by atoms with Crippen molar-refractivity contribution in [2.75, 3.05) is 5.32 Å². The van der Waals surface area contributed by atoms with Crippen molar-refractivity contribution in [2.45, 2.75) is 19.9 Å². The van der Waals surface area contributed by atoms with E-state index in [0.717, 1.165) is 17.1 Å². The Morgan fingerprint density at radius 1 is 1.13 bits per heavy atom. The van der Waals surface area contributed by atoms with Crippen molar-refractivity contribution in [3.8, 4) is 11.8 Å². The Morgan fingerprint density at radius 3 is 2.48 bits per heavy atom. The molecule has 1 N–H and O–H groups in total. The second-order valence-corrected chi connectivity index (χ2v) is 5.22. The molecule has 0 saturated carbocycles. The fourth-order valence-electron chi connectivity index (χ4n) is 2.35. The highest BCUT2D eigenvalue weighted by atomic mass is 15.2. The summed E-state index contributed by atoms with van der Waals surface area (Å²) in [6.45, 7) is 4.03.